The van der Waals surface area contributed by atoms with Crippen LogP contribution in [0.2, 0.25) is 0 Å². The largest absolute Gasteiger partial charge is 0.466 e. The Bertz CT molecular complexity index is 508. The molecule has 0 saturated carbocycles. The van der Waals surface area contributed by atoms with Crippen molar-refractivity contribution in [2.45, 2.75) is 0 Å². The van der Waals surface area contributed by atoms with Gasteiger partial charge in [-0.2, -0.15) is 0 Å². The molecule has 5 heteroatoms. The molecule has 4 nitrogen and oxygen atoms in total. The normalized spacial score (nSPS) is 15.9. The fraction of sp³-hybridized carbons (Fsp3) is 0.0909. The lowest BCUT2D eigenvalue weighted by molar-refractivity contribution is -0.134. The van der Waals surface area contributed by atoms with E-state index in [9.17, 15) is 9.59 Å². The Balaban J connectivity index is 2.50. The minimum atomic E-state index is -0.531. The highest BCUT2D eigenvalue weighted by molar-refractivity contribution is 14.1. The van der Waals surface area contributed by atoms with Crippen LogP contribution >= 0.6 is 22.6 Å². The molecule has 0 spiro atoms. The fourth-order valence-electron chi connectivity index (χ4n) is 1.48. The van der Waals surface area contributed by atoms with Crippen LogP contribution in [-0.4, -0.2) is 19.0 Å². The molecule has 1 aliphatic heterocycles. The Kier molecular flexibility index (Phi) is 2.95. The first-order valence-electron chi connectivity index (χ1n) is 4.52. The van der Waals surface area contributed by atoms with E-state index < -0.39 is 5.97 Å². The summed E-state index contributed by atoms with van der Waals surface area (Å²) >= 11 is 2.15. The van der Waals surface area contributed by atoms with Crippen LogP contribution in [0, 0.1) is 3.57 Å². The molecule has 0 fully saturated rings. The summed E-state index contributed by atoms with van der Waals surface area (Å²) in [4.78, 5) is 22.7. The number of rotatable bonds is 1. The van der Waals surface area contributed by atoms with Crippen molar-refractivity contribution in [3.63, 3.8) is 0 Å². The van der Waals surface area contributed by atoms with Gasteiger partial charge >= 0.3 is 5.97 Å². The molecule has 1 aromatic rings. The van der Waals surface area contributed by atoms with Crippen LogP contribution in [0.4, 0.5) is 5.69 Å². The van der Waals surface area contributed by atoms with E-state index in [0.29, 0.717) is 5.57 Å². The van der Waals surface area contributed by atoms with Crippen LogP contribution in [0.1, 0.15) is 5.56 Å². The first-order chi connectivity index (χ1) is 7.61. The molecular weight excluding hydrogens is 321 g/mol. The topological polar surface area (TPSA) is 55.4 Å². The molecule has 0 saturated heterocycles. The van der Waals surface area contributed by atoms with Crippen molar-refractivity contribution in [2.24, 2.45) is 0 Å². The second-order valence-corrected chi connectivity index (χ2v) is 4.47. The molecule has 0 atom stereocenters. The number of methoxy groups -OCH3 is 1. The van der Waals surface area contributed by atoms with E-state index in [1.54, 1.807) is 0 Å². The smallest absolute Gasteiger partial charge is 0.331 e. The molecule has 0 bridgehead atoms. The Morgan fingerprint density at radius 2 is 2.25 bits per heavy atom. The average Bonchev–Trinajstić information content (AvgIpc) is 2.55. The van der Waals surface area contributed by atoms with Crippen LogP contribution in [0.25, 0.3) is 5.57 Å². The van der Waals surface area contributed by atoms with E-state index in [0.717, 1.165) is 14.8 Å². The number of halogens is 1. The molecule has 0 radical (unpaired) electrons. The van der Waals surface area contributed by atoms with Crippen molar-refractivity contribution >= 4 is 45.7 Å². The number of amides is 1. The summed E-state index contributed by atoms with van der Waals surface area (Å²) in [7, 11) is 1.28. The Morgan fingerprint density at radius 3 is 2.94 bits per heavy atom. The third kappa shape index (κ3) is 1.95. The zero-order valence-electron chi connectivity index (χ0n) is 8.41. The van der Waals surface area contributed by atoms with Gasteiger partial charge in [0.25, 0.3) is 5.91 Å². The predicted molar refractivity (Wildman–Crippen MR) is 67.8 cm³/mol. The maximum atomic E-state index is 11.6. The molecule has 0 aliphatic carbocycles. The van der Waals surface area contributed by atoms with Gasteiger partial charge in [-0.3, -0.25) is 4.79 Å². The molecule has 2 rings (SSSR count). The summed E-state index contributed by atoms with van der Waals surface area (Å²) in [6.45, 7) is 0. The lowest BCUT2D eigenvalue weighted by Gasteiger charge is -1.98. The van der Waals surface area contributed by atoms with Crippen LogP contribution < -0.4 is 5.32 Å². The summed E-state index contributed by atoms with van der Waals surface area (Å²) < 4.78 is 5.51. The minimum Gasteiger partial charge on any atom is -0.466 e. The lowest BCUT2D eigenvalue weighted by Crippen LogP contribution is -2.06. The van der Waals surface area contributed by atoms with Crippen molar-refractivity contribution in [2.75, 3.05) is 12.4 Å². The molecule has 1 aliphatic rings. The molecule has 16 heavy (non-hydrogen) atoms. The van der Waals surface area contributed by atoms with E-state index in [-0.39, 0.29) is 5.91 Å². The maximum absolute atomic E-state index is 11.6. The number of hydrogen-bond acceptors (Lipinski definition) is 3. The van der Waals surface area contributed by atoms with E-state index in [2.05, 4.69) is 32.6 Å². The molecule has 0 unspecified atom stereocenters. The number of hydrogen-bond donors (Lipinski definition) is 1. The number of fused-ring (bicyclic) bond motifs is 1. The minimum absolute atomic E-state index is 0.276. The highest BCUT2D eigenvalue weighted by Gasteiger charge is 2.25. The van der Waals surface area contributed by atoms with Crippen LogP contribution in [0.3, 0.4) is 0 Å². The van der Waals surface area contributed by atoms with Gasteiger partial charge in [-0.15, -0.1) is 0 Å². The zero-order chi connectivity index (χ0) is 11.7. The second-order valence-electron chi connectivity index (χ2n) is 3.23. The van der Waals surface area contributed by atoms with E-state index in [4.69, 9.17) is 0 Å². The lowest BCUT2D eigenvalue weighted by atomic mass is 10.1. The third-order valence-corrected chi connectivity index (χ3v) is 2.90. The van der Waals surface area contributed by atoms with Crippen LogP contribution in [0.5, 0.6) is 0 Å². The number of ether oxygens (including phenoxy) is 1. The van der Waals surface area contributed by atoms with Crippen molar-refractivity contribution in [3.05, 3.63) is 33.4 Å². The molecular formula is C11H8INO3. The number of esters is 1. The highest BCUT2D eigenvalue weighted by Crippen LogP contribution is 2.32. The molecule has 0 aromatic heterocycles. The Morgan fingerprint density at radius 1 is 1.50 bits per heavy atom. The number of anilines is 1. The molecule has 82 valence electrons. The van der Waals surface area contributed by atoms with Gasteiger partial charge in [0.05, 0.1) is 12.7 Å². The fourth-order valence-corrected chi connectivity index (χ4v) is 1.97. The summed E-state index contributed by atoms with van der Waals surface area (Å²) in [6, 6.07) is 5.55. The Labute approximate surface area is 106 Å². The van der Waals surface area contributed by atoms with Crippen LogP contribution in [0.15, 0.2) is 24.3 Å². The first kappa shape index (κ1) is 11.1. The number of carbonyl (C=O) groups excluding carboxylic acids is 2. The number of nitrogens with one attached hydrogen (secondary N) is 1. The SMILES string of the molecule is COC(=O)C=C1C(=O)Nc2ccc(I)cc21. The standard InChI is InChI=1S/C11H8INO3/c1-16-10(14)5-8-7-4-6(12)2-3-9(7)13-11(8)15/h2-5H,1H3,(H,13,15). The van der Waals surface area contributed by atoms with Crippen LogP contribution in [-0.2, 0) is 14.3 Å². The second kappa shape index (κ2) is 4.25. The number of benzene rings is 1. The van der Waals surface area contributed by atoms with Gasteiger partial charge in [0.1, 0.15) is 0 Å². The van der Waals surface area contributed by atoms with Crippen molar-refractivity contribution in [3.8, 4) is 0 Å². The van der Waals surface area contributed by atoms with Crippen molar-refractivity contribution in [1.82, 2.24) is 0 Å². The van der Waals surface area contributed by atoms with Gasteiger partial charge in [0.2, 0.25) is 0 Å². The van der Waals surface area contributed by atoms with Crippen molar-refractivity contribution < 1.29 is 14.3 Å². The maximum Gasteiger partial charge on any atom is 0.331 e. The summed E-state index contributed by atoms with van der Waals surface area (Å²) in [5.41, 5.74) is 1.81. The summed E-state index contributed by atoms with van der Waals surface area (Å²) in [5.74, 6) is -0.806. The molecule has 1 N–H and O–H groups in total. The van der Waals surface area contributed by atoms with Crippen molar-refractivity contribution in [1.29, 1.82) is 0 Å². The van der Waals surface area contributed by atoms with Gasteiger partial charge in [-0.1, -0.05) is 0 Å². The molecule has 1 aromatic carbocycles. The molecule has 1 heterocycles. The van der Waals surface area contributed by atoms with E-state index in [1.165, 1.54) is 13.2 Å². The zero-order valence-corrected chi connectivity index (χ0v) is 10.6. The summed E-state index contributed by atoms with van der Waals surface area (Å²) in [6.07, 6.45) is 1.21. The first-order valence-corrected chi connectivity index (χ1v) is 5.60. The highest BCUT2D eigenvalue weighted by atomic mass is 127. The molecule has 1 amide bonds. The third-order valence-electron chi connectivity index (χ3n) is 2.23. The van der Waals surface area contributed by atoms with Gasteiger partial charge in [-0.05, 0) is 40.8 Å². The number of carbonyl (C=O) groups is 2. The van der Waals surface area contributed by atoms with E-state index >= 15 is 0 Å². The van der Waals surface area contributed by atoms with Gasteiger partial charge in [0, 0.05) is 20.9 Å². The van der Waals surface area contributed by atoms with E-state index in [1.807, 2.05) is 18.2 Å². The predicted octanol–water partition coefficient (Wildman–Crippen LogP) is 1.80. The quantitative estimate of drug-likeness (QED) is 0.486. The Hall–Kier alpha value is -1.37. The monoisotopic (exact) mass is 329 g/mol. The van der Waals surface area contributed by atoms with Gasteiger partial charge in [-0.25, -0.2) is 4.79 Å². The summed E-state index contributed by atoms with van der Waals surface area (Å²) in [5, 5.41) is 2.69. The average molecular weight is 329 g/mol. The van der Waals surface area contributed by atoms with Gasteiger partial charge in [0.15, 0.2) is 0 Å². The van der Waals surface area contributed by atoms with Gasteiger partial charge < -0.3 is 10.1 Å².